The summed E-state index contributed by atoms with van der Waals surface area (Å²) in [6.07, 6.45) is 0. The molecule has 0 aliphatic rings. The maximum absolute atomic E-state index is 9.94. The minimum atomic E-state index is -0.867. The molecule has 0 saturated carbocycles. The molecule has 24 heavy (non-hydrogen) atoms. The summed E-state index contributed by atoms with van der Waals surface area (Å²) in [6, 6.07) is 15.2. The zero-order valence-electron chi connectivity index (χ0n) is 14.0. The molecule has 3 aromatic rings. The number of aliphatic hydroxyl groups is 1. The SMILES string of the molecule is Cc1cccc(-c2noc(COc3ccc(C(C)(C)O)cc3)n2)c1. The zero-order chi connectivity index (χ0) is 17.2. The van der Waals surface area contributed by atoms with E-state index in [1.165, 1.54) is 0 Å². The van der Waals surface area contributed by atoms with Gasteiger partial charge in [0.25, 0.3) is 5.89 Å². The van der Waals surface area contributed by atoms with Crippen molar-refractivity contribution in [3.8, 4) is 17.1 Å². The van der Waals surface area contributed by atoms with Crippen molar-refractivity contribution in [1.82, 2.24) is 10.1 Å². The molecule has 0 bridgehead atoms. The van der Waals surface area contributed by atoms with E-state index in [9.17, 15) is 5.11 Å². The Morgan fingerprint density at radius 2 is 1.88 bits per heavy atom. The fraction of sp³-hybridized carbons (Fsp3) is 0.263. The van der Waals surface area contributed by atoms with E-state index in [1.54, 1.807) is 13.8 Å². The molecule has 1 N–H and O–H groups in total. The third-order valence-electron chi connectivity index (χ3n) is 3.67. The van der Waals surface area contributed by atoms with Gasteiger partial charge in [-0.25, -0.2) is 0 Å². The molecule has 0 amide bonds. The third kappa shape index (κ3) is 3.81. The van der Waals surface area contributed by atoms with Crippen LogP contribution < -0.4 is 4.74 Å². The van der Waals surface area contributed by atoms with Crippen LogP contribution in [0.5, 0.6) is 5.75 Å². The van der Waals surface area contributed by atoms with Gasteiger partial charge in [0, 0.05) is 5.56 Å². The van der Waals surface area contributed by atoms with Crippen LogP contribution in [0.4, 0.5) is 0 Å². The average Bonchev–Trinajstić information content (AvgIpc) is 3.01. The van der Waals surface area contributed by atoms with Crippen LogP contribution >= 0.6 is 0 Å². The topological polar surface area (TPSA) is 68.4 Å². The predicted octanol–water partition coefficient (Wildman–Crippen LogP) is 3.85. The standard InChI is InChI=1S/C19H20N2O3/c1-13-5-4-6-14(11-13)18-20-17(24-21-18)12-23-16-9-7-15(8-10-16)19(2,3)22/h4-11,22H,12H2,1-3H3. The number of benzene rings is 2. The Labute approximate surface area is 140 Å². The number of hydrogen-bond donors (Lipinski definition) is 1. The van der Waals surface area contributed by atoms with Crippen molar-refractivity contribution in [2.75, 3.05) is 0 Å². The second kappa shape index (κ2) is 6.45. The highest BCUT2D eigenvalue weighted by molar-refractivity contribution is 5.55. The maximum atomic E-state index is 9.94. The molecule has 0 atom stereocenters. The van der Waals surface area contributed by atoms with E-state index in [-0.39, 0.29) is 6.61 Å². The molecule has 0 unspecified atom stereocenters. The molecule has 124 valence electrons. The number of ether oxygens (including phenoxy) is 1. The molecule has 0 saturated heterocycles. The molecular weight excluding hydrogens is 304 g/mol. The quantitative estimate of drug-likeness (QED) is 0.772. The van der Waals surface area contributed by atoms with Gasteiger partial charge in [0.2, 0.25) is 5.82 Å². The van der Waals surface area contributed by atoms with Gasteiger partial charge in [-0.15, -0.1) is 0 Å². The first kappa shape index (κ1) is 16.2. The Morgan fingerprint density at radius 3 is 2.54 bits per heavy atom. The van der Waals surface area contributed by atoms with E-state index in [1.807, 2.05) is 55.5 Å². The van der Waals surface area contributed by atoms with E-state index >= 15 is 0 Å². The van der Waals surface area contributed by atoms with Gasteiger partial charge in [-0.1, -0.05) is 41.1 Å². The molecule has 0 aliphatic heterocycles. The summed E-state index contributed by atoms with van der Waals surface area (Å²) >= 11 is 0. The lowest BCUT2D eigenvalue weighted by atomic mass is 9.99. The molecule has 2 aromatic carbocycles. The highest BCUT2D eigenvalue weighted by Crippen LogP contribution is 2.23. The van der Waals surface area contributed by atoms with Crippen LogP contribution in [0.3, 0.4) is 0 Å². The van der Waals surface area contributed by atoms with Crippen molar-refractivity contribution in [1.29, 1.82) is 0 Å². The van der Waals surface area contributed by atoms with E-state index < -0.39 is 5.60 Å². The van der Waals surface area contributed by atoms with Gasteiger partial charge >= 0.3 is 0 Å². The highest BCUT2D eigenvalue weighted by atomic mass is 16.5. The molecule has 0 fully saturated rings. The zero-order valence-corrected chi connectivity index (χ0v) is 14.0. The van der Waals surface area contributed by atoms with Gasteiger partial charge < -0.3 is 14.4 Å². The molecule has 0 aliphatic carbocycles. The lowest BCUT2D eigenvalue weighted by molar-refractivity contribution is 0.0785. The van der Waals surface area contributed by atoms with Crippen molar-refractivity contribution < 1.29 is 14.4 Å². The summed E-state index contributed by atoms with van der Waals surface area (Å²) in [7, 11) is 0. The van der Waals surface area contributed by atoms with Gasteiger partial charge in [-0.3, -0.25) is 0 Å². The summed E-state index contributed by atoms with van der Waals surface area (Å²) in [5.41, 5.74) is 2.02. The molecule has 5 nitrogen and oxygen atoms in total. The normalized spacial score (nSPS) is 11.5. The Morgan fingerprint density at radius 1 is 1.12 bits per heavy atom. The highest BCUT2D eigenvalue weighted by Gasteiger charge is 2.15. The van der Waals surface area contributed by atoms with Crippen LogP contribution in [-0.2, 0) is 12.2 Å². The van der Waals surface area contributed by atoms with Crippen molar-refractivity contribution >= 4 is 0 Å². The first-order valence-electron chi connectivity index (χ1n) is 7.77. The molecule has 1 heterocycles. The first-order chi connectivity index (χ1) is 11.4. The van der Waals surface area contributed by atoms with Crippen molar-refractivity contribution in [2.24, 2.45) is 0 Å². The van der Waals surface area contributed by atoms with Crippen LogP contribution in [0, 0.1) is 6.92 Å². The number of hydrogen-bond acceptors (Lipinski definition) is 5. The van der Waals surface area contributed by atoms with Gasteiger partial charge in [0.15, 0.2) is 6.61 Å². The number of aryl methyl sites for hydroxylation is 1. The van der Waals surface area contributed by atoms with E-state index in [0.717, 1.165) is 16.7 Å². The van der Waals surface area contributed by atoms with Gasteiger partial charge in [-0.2, -0.15) is 4.98 Å². The van der Waals surface area contributed by atoms with Gasteiger partial charge in [0.1, 0.15) is 5.75 Å². The predicted molar refractivity (Wildman–Crippen MR) is 90.5 cm³/mol. The monoisotopic (exact) mass is 324 g/mol. The largest absolute Gasteiger partial charge is 0.484 e. The van der Waals surface area contributed by atoms with E-state index in [2.05, 4.69) is 10.1 Å². The molecule has 3 rings (SSSR count). The van der Waals surface area contributed by atoms with Crippen LogP contribution in [0.1, 0.15) is 30.9 Å². The van der Waals surface area contributed by atoms with Crippen molar-refractivity contribution in [3.05, 3.63) is 65.5 Å². The Hall–Kier alpha value is -2.66. The third-order valence-corrected chi connectivity index (χ3v) is 3.67. The van der Waals surface area contributed by atoms with Crippen molar-refractivity contribution in [3.63, 3.8) is 0 Å². The van der Waals surface area contributed by atoms with Crippen LogP contribution in [0.2, 0.25) is 0 Å². The molecule has 1 aromatic heterocycles. The molecule has 5 heteroatoms. The Kier molecular flexibility index (Phi) is 4.36. The fourth-order valence-electron chi connectivity index (χ4n) is 2.32. The molecular formula is C19H20N2O3. The second-order valence-corrected chi connectivity index (χ2v) is 6.25. The minimum absolute atomic E-state index is 0.195. The number of nitrogens with zero attached hydrogens (tertiary/aromatic N) is 2. The average molecular weight is 324 g/mol. The molecule has 0 radical (unpaired) electrons. The van der Waals surface area contributed by atoms with Gasteiger partial charge in [-0.05, 0) is 44.5 Å². The van der Waals surface area contributed by atoms with E-state index in [0.29, 0.717) is 17.5 Å². The summed E-state index contributed by atoms with van der Waals surface area (Å²) < 4.78 is 10.9. The van der Waals surface area contributed by atoms with Crippen LogP contribution in [0.25, 0.3) is 11.4 Å². The van der Waals surface area contributed by atoms with Gasteiger partial charge in [0.05, 0.1) is 5.60 Å². The Balaban J connectivity index is 1.65. The summed E-state index contributed by atoms with van der Waals surface area (Å²) in [4.78, 5) is 4.35. The maximum Gasteiger partial charge on any atom is 0.264 e. The number of rotatable bonds is 5. The van der Waals surface area contributed by atoms with Crippen LogP contribution in [0.15, 0.2) is 53.1 Å². The Bertz CT molecular complexity index is 817. The fourth-order valence-corrected chi connectivity index (χ4v) is 2.32. The van der Waals surface area contributed by atoms with Crippen LogP contribution in [-0.4, -0.2) is 15.2 Å². The smallest absolute Gasteiger partial charge is 0.264 e. The second-order valence-electron chi connectivity index (χ2n) is 6.25. The first-order valence-corrected chi connectivity index (χ1v) is 7.77. The summed E-state index contributed by atoms with van der Waals surface area (Å²) in [5.74, 6) is 1.64. The number of aromatic nitrogens is 2. The lowest BCUT2D eigenvalue weighted by Gasteiger charge is -2.17. The minimum Gasteiger partial charge on any atom is -0.484 e. The molecule has 0 spiro atoms. The summed E-state index contributed by atoms with van der Waals surface area (Å²) in [5, 5.41) is 13.9. The lowest BCUT2D eigenvalue weighted by Crippen LogP contribution is -2.14. The van der Waals surface area contributed by atoms with Crippen molar-refractivity contribution in [2.45, 2.75) is 33.0 Å². The summed E-state index contributed by atoms with van der Waals surface area (Å²) in [6.45, 7) is 5.70. The van der Waals surface area contributed by atoms with E-state index in [4.69, 9.17) is 9.26 Å².